The van der Waals surface area contributed by atoms with Crippen LogP contribution in [-0.2, 0) is 0 Å². The summed E-state index contributed by atoms with van der Waals surface area (Å²) in [7, 11) is 0. The van der Waals surface area contributed by atoms with E-state index in [-0.39, 0.29) is 18.0 Å². The number of nitrogens with zero attached hydrogens (tertiary/aromatic N) is 1. The Bertz CT molecular complexity index is 831. The Morgan fingerprint density at radius 2 is 1.69 bits per heavy atom. The number of carbonyl (C=O) groups is 2. The fourth-order valence-corrected chi connectivity index (χ4v) is 3.34. The van der Waals surface area contributed by atoms with Crippen molar-refractivity contribution < 1.29 is 14.3 Å². The van der Waals surface area contributed by atoms with E-state index in [1.165, 1.54) is 5.56 Å². The summed E-state index contributed by atoms with van der Waals surface area (Å²) >= 11 is 0. The van der Waals surface area contributed by atoms with E-state index in [1.807, 2.05) is 30.0 Å². The third kappa shape index (κ3) is 5.98. The van der Waals surface area contributed by atoms with Gasteiger partial charge in [-0.15, -0.1) is 0 Å². The minimum Gasteiger partial charge on any atom is -0.490 e. The number of hydrogen-bond donors (Lipinski definition) is 2. The van der Waals surface area contributed by atoms with Gasteiger partial charge in [-0.3, -0.25) is 4.79 Å². The fourth-order valence-electron chi connectivity index (χ4n) is 3.34. The lowest BCUT2D eigenvalue weighted by Gasteiger charge is -2.32. The van der Waals surface area contributed by atoms with Gasteiger partial charge < -0.3 is 20.3 Å². The van der Waals surface area contributed by atoms with E-state index >= 15 is 0 Å². The maximum absolute atomic E-state index is 12.3. The van der Waals surface area contributed by atoms with Crippen LogP contribution in [0, 0.1) is 13.8 Å². The minimum absolute atomic E-state index is 0.0934. The van der Waals surface area contributed by atoms with Crippen molar-refractivity contribution in [1.29, 1.82) is 0 Å². The second-order valence-electron chi connectivity index (χ2n) is 7.43. The molecule has 2 N–H and O–H groups in total. The summed E-state index contributed by atoms with van der Waals surface area (Å²) in [6, 6.07) is 15.2. The molecule has 6 heteroatoms. The molecule has 3 rings (SSSR count). The molecule has 1 fully saturated rings. The summed E-state index contributed by atoms with van der Waals surface area (Å²) in [4.78, 5) is 26.1. The second kappa shape index (κ2) is 9.96. The van der Waals surface area contributed by atoms with Crippen molar-refractivity contribution in [3.05, 3.63) is 65.2 Å². The quantitative estimate of drug-likeness (QED) is 0.738. The highest BCUT2D eigenvalue weighted by Gasteiger charge is 2.24. The normalized spacial score (nSPS) is 14.3. The van der Waals surface area contributed by atoms with Crippen LogP contribution in [0.3, 0.4) is 0 Å². The number of carbonyl (C=O) groups excluding carboxylic acids is 2. The molecule has 0 unspecified atom stereocenters. The SMILES string of the molecule is Cc1ccc(C)c(OC2CCN(C(=O)NCCNC(=O)c3ccccc3)CC2)c1. The van der Waals surface area contributed by atoms with Gasteiger partial charge in [0.2, 0.25) is 0 Å². The Balaban J connectivity index is 1.35. The predicted molar refractivity (Wildman–Crippen MR) is 113 cm³/mol. The van der Waals surface area contributed by atoms with Gasteiger partial charge in [-0.2, -0.15) is 0 Å². The van der Waals surface area contributed by atoms with Crippen LogP contribution in [0.1, 0.15) is 34.3 Å². The first kappa shape index (κ1) is 20.7. The highest BCUT2D eigenvalue weighted by atomic mass is 16.5. The third-order valence-corrected chi connectivity index (χ3v) is 5.09. The minimum atomic E-state index is -0.135. The number of urea groups is 1. The lowest BCUT2D eigenvalue weighted by molar-refractivity contribution is 0.0951. The number of piperidine rings is 1. The molecule has 0 aromatic heterocycles. The van der Waals surface area contributed by atoms with E-state index in [1.54, 1.807) is 12.1 Å². The average Bonchev–Trinajstić information content (AvgIpc) is 2.74. The molecular weight excluding hydrogens is 366 g/mol. The van der Waals surface area contributed by atoms with Gasteiger partial charge in [-0.25, -0.2) is 4.79 Å². The molecule has 3 amide bonds. The molecule has 1 heterocycles. The highest BCUT2D eigenvalue weighted by Crippen LogP contribution is 2.24. The Morgan fingerprint density at radius 3 is 2.41 bits per heavy atom. The first-order valence-electron chi connectivity index (χ1n) is 10.1. The number of rotatable bonds is 6. The molecule has 6 nitrogen and oxygen atoms in total. The largest absolute Gasteiger partial charge is 0.490 e. The van der Waals surface area contributed by atoms with Crippen molar-refractivity contribution in [2.75, 3.05) is 26.2 Å². The van der Waals surface area contributed by atoms with E-state index in [0.29, 0.717) is 31.7 Å². The Morgan fingerprint density at radius 1 is 1.00 bits per heavy atom. The zero-order valence-corrected chi connectivity index (χ0v) is 17.1. The van der Waals surface area contributed by atoms with Crippen molar-refractivity contribution in [2.24, 2.45) is 0 Å². The Labute approximate surface area is 172 Å². The van der Waals surface area contributed by atoms with Gasteiger partial charge in [0, 0.05) is 44.6 Å². The second-order valence-corrected chi connectivity index (χ2v) is 7.43. The van der Waals surface area contributed by atoms with Gasteiger partial charge >= 0.3 is 6.03 Å². The number of likely N-dealkylation sites (tertiary alicyclic amines) is 1. The number of benzene rings is 2. The summed E-state index contributed by atoms with van der Waals surface area (Å²) in [5.74, 6) is 0.798. The van der Waals surface area contributed by atoms with Crippen molar-refractivity contribution in [3.63, 3.8) is 0 Å². The van der Waals surface area contributed by atoms with Crippen LogP contribution in [0.15, 0.2) is 48.5 Å². The van der Waals surface area contributed by atoms with Gasteiger partial charge in [0.25, 0.3) is 5.91 Å². The number of aryl methyl sites for hydroxylation is 2. The zero-order chi connectivity index (χ0) is 20.6. The average molecular weight is 396 g/mol. The summed E-state index contributed by atoms with van der Waals surface area (Å²) < 4.78 is 6.16. The number of amides is 3. The summed E-state index contributed by atoms with van der Waals surface area (Å²) in [5, 5.41) is 5.68. The van der Waals surface area contributed by atoms with Crippen molar-refractivity contribution in [1.82, 2.24) is 15.5 Å². The van der Waals surface area contributed by atoms with Gasteiger partial charge in [0.05, 0.1) is 0 Å². The Hall–Kier alpha value is -3.02. The van der Waals surface area contributed by atoms with Crippen molar-refractivity contribution >= 4 is 11.9 Å². The molecule has 0 atom stereocenters. The lowest BCUT2D eigenvalue weighted by atomic mass is 10.1. The van der Waals surface area contributed by atoms with Gasteiger partial charge in [-0.1, -0.05) is 30.3 Å². The molecule has 1 aliphatic rings. The fraction of sp³-hybridized carbons (Fsp3) is 0.391. The van der Waals surface area contributed by atoms with Crippen LogP contribution in [0.5, 0.6) is 5.75 Å². The monoisotopic (exact) mass is 395 g/mol. The maximum atomic E-state index is 12.3. The van der Waals surface area contributed by atoms with Crippen LogP contribution in [0.4, 0.5) is 4.79 Å². The molecule has 29 heavy (non-hydrogen) atoms. The van der Waals surface area contributed by atoms with Crippen LogP contribution in [0.2, 0.25) is 0 Å². The maximum Gasteiger partial charge on any atom is 0.317 e. The van der Waals surface area contributed by atoms with Crippen LogP contribution in [0.25, 0.3) is 0 Å². The van der Waals surface area contributed by atoms with Crippen molar-refractivity contribution in [2.45, 2.75) is 32.8 Å². The summed E-state index contributed by atoms with van der Waals surface area (Å²) in [6.07, 6.45) is 1.75. The predicted octanol–water partition coefficient (Wildman–Crippen LogP) is 3.29. The molecule has 0 bridgehead atoms. The van der Waals surface area contributed by atoms with Crippen LogP contribution >= 0.6 is 0 Å². The lowest BCUT2D eigenvalue weighted by Crippen LogP contribution is -2.48. The van der Waals surface area contributed by atoms with Crippen LogP contribution in [-0.4, -0.2) is 49.1 Å². The van der Waals surface area contributed by atoms with Gasteiger partial charge in [-0.05, 0) is 43.2 Å². The molecule has 0 aliphatic carbocycles. The molecule has 0 spiro atoms. The van der Waals surface area contributed by atoms with E-state index < -0.39 is 0 Å². The molecule has 0 radical (unpaired) electrons. The number of nitrogens with one attached hydrogen (secondary N) is 2. The number of ether oxygens (including phenoxy) is 1. The number of hydrogen-bond acceptors (Lipinski definition) is 3. The van der Waals surface area contributed by atoms with Gasteiger partial charge in [0.1, 0.15) is 11.9 Å². The van der Waals surface area contributed by atoms with E-state index in [4.69, 9.17) is 4.74 Å². The smallest absolute Gasteiger partial charge is 0.317 e. The zero-order valence-electron chi connectivity index (χ0n) is 17.1. The van der Waals surface area contributed by atoms with E-state index in [0.717, 1.165) is 24.2 Å². The third-order valence-electron chi connectivity index (χ3n) is 5.09. The first-order valence-corrected chi connectivity index (χ1v) is 10.1. The molecule has 154 valence electrons. The van der Waals surface area contributed by atoms with Gasteiger partial charge in [0.15, 0.2) is 0 Å². The highest BCUT2D eigenvalue weighted by molar-refractivity contribution is 5.94. The molecular formula is C23H29N3O3. The first-order chi connectivity index (χ1) is 14.0. The molecule has 0 saturated carbocycles. The van der Waals surface area contributed by atoms with Crippen LogP contribution < -0.4 is 15.4 Å². The Kier molecular flexibility index (Phi) is 7.11. The summed E-state index contributed by atoms with van der Waals surface area (Å²) in [5.41, 5.74) is 2.93. The molecule has 1 aliphatic heterocycles. The van der Waals surface area contributed by atoms with E-state index in [9.17, 15) is 9.59 Å². The molecule has 2 aromatic carbocycles. The van der Waals surface area contributed by atoms with E-state index in [2.05, 4.69) is 35.8 Å². The topological polar surface area (TPSA) is 70.7 Å². The molecule has 1 saturated heterocycles. The summed E-state index contributed by atoms with van der Waals surface area (Å²) in [6.45, 7) is 6.23. The molecule has 2 aromatic rings. The standard InChI is InChI=1S/C23H29N3O3/c1-17-8-9-18(2)21(16-17)29-20-10-14-26(15-11-20)23(28)25-13-12-24-22(27)19-6-4-3-5-7-19/h3-9,16,20H,10-15H2,1-2H3,(H,24,27)(H,25,28). The van der Waals surface area contributed by atoms with Crippen molar-refractivity contribution in [3.8, 4) is 5.75 Å².